The zero-order chi connectivity index (χ0) is 10.0. The first-order valence-electron chi connectivity index (χ1n) is 3.20. The van der Waals surface area contributed by atoms with Gasteiger partial charge in [-0.2, -0.15) is 5.32 Å². The van der Waals surface area contributed by atoms with E-state index in [9.17, 15) is 14.4 Å². The molecular weight excluding hydrogens is 180 g/mol. The molecule has 0 aromatic rings. The highest BCUT2D eigenvalue weighted by atomic mass is 16.4. The Labute approximate surface area is 72.0 Å². The van der Waals surface area contributed by atoms with Crippen molar-refractivity contribution in [2.75, 3.05) is 0 Å². The molecule has 3 amide bonds. The lowest BCUT2D eigenvalue weighted by molar-refractivity contribution is -0.145. The van der Waals surface area contributed by atoms with Crippen molar-refractivity contribution >= 4 is 17.9 Å². The van der Waals surface area contributed by atoms with Gasteiger partial charge in [0.2, 0.25) is 0 Å². The molecule has 0 aromatic carbocycles. The second-order valence-corrected chi connectivity index (χ2v) is 2.21. The number of carbonyl (C=O) groups is 3. The number of carboxylic acid groups (broad SMARTS) is 1. The maximum absolute atomic E-state index is 10.8. The van der Waals surface area contributed by atoms with E-state index in [0.717, 1.165) is 6.20 Å². The molecule has 1 rings (SSSR count). The molecule has 7 heteroatoms. The predicted octanol–water partition coefficient (Wildman–Crippen LogP) is -1.83. The van der Waals surface area contributed by atoms with Crippen LogP contribution >= 0.6 is 0 Å². The van der Waals surface area contributed by atoms with E-state index in [2.05, 4.69) is 5.32 Å². The van der Waals surface area contributed by atoms with Gasteiger partial charge in [-0.05, 0) is 0 Å². The third-order valence-corrected chi connectivity index (χ3v) is 1.33. The Morgan fingerprint density at radius 2 is 2.15 bits per heavy atom. The van der Waals surface area contributed by atoms with Gasteiger partial charge in [0, 0.05) is 6.20 Å². The fourth-order valence-electron chi connectivity index (χ4n) is 0.719. The highest BCUT2D eigenvalue weighted by Gasteiger charge is 2.30. The number of hydrogen-bond acceptors (Lipinski definition) is 4. The summed E-state index contributed by atoms with van der Waals surface area (Å²) in [6, 6.07) is -0.883. The van der Waals surface area contributed by atoms with Crippen LogP contribution in [0.4, 0.5) is 4.79 Å². The van der Waals surface area contributed by atoms with Gasteiger partial charge in [-0.15, -0.1) is 0 Å². The predicted molar refractivity (Wildman–Crippen MR) is 37.4 cm³/mol. The van der Waals surface area contributed by atoms with E-state index in [1.165, 1.54) is 0 Å². The molecule has 1 atom stereocenters. The SMILES string of the molecule is O=C1[N]C(=O)C(C(O)C(=O)O)=CN1. The molecule has 1 aliphatic rings. The molecule has 0 spiro atoms. The van der Waals surface area contributed by atoms with Crippen LogP contribution in [0.2, 0.25) is 0 Å². The molecule has 69 valence electrons. The zero-order valence-corrected chi connectivity index (χ0v) is 6.22. The first-order valence-corrected chi connectivity index (χ1v) is 3.20. The number of nitrogens with zero attached hydrogens (tertiary/aromatic N) is 1. The van der Waals surface area contributed by atoms with Crippen molar-refractivity contribution in [2.45, 2.75) is 6.10 Å². The summed E-state index contributed by atoms with van der Waals surface area (Å²) in [5.74, 6) is -2.62. The molecule has 7 nitrogen and oxygen atoms in total. The Balaban J connectivity index is 2.86. The number of aliphatic hydroxyl groups excluding tert-OH is 1. The van der Waals surface area contributed by atoms with Crippen LogP contribution in [-0.4, -0.2) is 34.2 Å². The van der Waals surface area contributed by atoms with Gasteiger partial charge in [0.1, 0.15) is 0 Å². The largest absolute Gasteiger partial charge is 0.479 e. The van der Waals surface area contributed by atoms with Crippen molar-refractivity contribution in [1.82, 2.24) is 10.6 Å². The first-order chi connectivity index (χ1) is 6.02. The average molecular weight is 185 g/mol. The Kier molecular flexibility index (Phi) is 2.29. The van der Waals surface area contributed by atoms with E-state index < -0.39 is 29.6 Å². The number of urea groups is 1. The molecule has 0 aromatic heterocycles. The van der Waals surface area contributed by atoms with E-state index in [1.54, 1.807) is 0 Å². The van der Waals surface area contributed by atoms with E-state index in [-0.39, 0.29) is 0 Å². The summed E-state index contributed by atoms with van der Waals surface area (Å²) in [4.78, 5) is 31.5. The van der Waals surface area contributed by atoms with Gasteiger partial charge < -0.3 is 15.5 Å². The van der Waals surface area contributed by atoms with Crippen LogP contribution in [0.25, 0.3) is 0 Å². The second kappa shape index (κ2) is 3.23. The number of aliphatic hydroxyl groups is 1. The maximum atomic E-state index is 10.8. The molecule has 3 N–H and O–H groups in total. The molecule has 1 unspecified atom stereocenters. The van der Waals surface area contributed by atoms with Crippen molar-refractivity contribution in [2.24, 2.45) is 0 Å². The van der Waals surface area contributed by atoms with Crippen LogP contribution in [0.1, 0.15) is 0 Å². The van der Waals surface area contributed by atoms with Gasteiger partial charge in [0.15, 0.2) is 6.10 Å². The van der Waals surface area contributed by atoms with Gasteiger partial charge in [0.05, 0.1) is 5.57 Å². The molecule has 0 saturated heterocycles. The summed E-state index contributed by atoms with van der Waals surface area (Å²) >= 11 is 0. The average Bonchev–Trinajstić information content (AvgIpc) is 2.03. The van der Waals surface area contributed by atoms with Crippen LogP contribution in [0.15, 0.2) is 11.8 Å². The summed E-state index contributed by atoms with van der Waals surface area (Å²) in [7, 11) is 0. The van der Waals surface area contributed by atoms with E-state index in [4.69, 9.17) is 10.2 Å². The topological polar surface area (TPSA) is 118 Å². The van der Waals surface area contributed by atoms with Crippen LogP contribution < -0.4 is 10.6 Å². The van der Waals surface area contributed by atoms with Crippen molar-refractivity contribution < 1.29 is 24.6 Å². The van der Waals surface area contributed by atoms with E-state index in [1.807, 2.05) is 5.32 Å². The number of carbonyl (C=O) groups excluding carboxylic acids is 2. The van der Waals surface area contributed by atoms with E-state index >= 15 is 0 Å². The molecule has 13 heavy (non-hydrogen) atoms. The Morgan fingerprint density at radius 1 is 1.54 bits per heavy atom. The number of aliphatic carboxylic acids is 1. The molecule has 0 saturated carbocycles. The molecule has 1 aliphatic heterocycles. The lowest BCUT2D eigenvalue weighted by Gasteiger charge is -2.13. The van der Waals surface area contributed by atoms with Crippen molar-refractivity contribution in [1.29, 1.82) is 0 Å². The second-order valence-electron chi connectivity index (χ2n) is 2.21. The standard InChI is InChI=1S/C6H5N2O5/c9-3(5(11)12)2-1-7-6(13)8-4(2)10/h1,3,9H,(H,7,13)(H,11,12). The molecule has 1 radical (unpaired) electrons. The fourth-order valence-corrected chi connectivity index (χ4v) is 0.719. The number of carboxylic acids is 1. The van der Waals surface area contributed by atoms with Crippen molar-refractivity contribution in [3.8, 4) is 0 Å². The van der Waals surface area contributed by atoms with Gasteiger partial charge in [-0.25, -0.2) is 9.59 Å². The fraction of sp³-hybridized carbons (Fsp3) is 0.167. The highest BCUT2D eigenvalue weighted by molar-refractivity contribution is 6.09. The summed E-state index contributed by atoms with van der Waals surface area (Å²) in [5.41, 5.74) is -0.466. The Hall–Kier alpha value is -1.89. The Morgan fingerprint density at radius 3 is 2.62 bits per heavy atom. The van der Waals surface area contributed by atoms with E-state index in [0.29, 0.717) is 0 Å². The molecule has 1 heterocycles. The maximum Gasteiger partial charge on any atom is 0.348 e. The molecular formula is C6H5N2O5. The van der Waals surface area contributed by atoms with Gasteiger partial charge in [-0.3, -0.25) is 4.79 Å². The van der Waals surface area contributed by atoms with Gasteiger partial charge in [-0.1, -0.05) is 0 Å². The first kappa shape index (κ1) is 9.20. The van der Waals surface area contributed by atoms with Crippen LogP contribution in [0, 0.1) is 0 Å². The van der Waals surface area contributed by atoms with Crippen molar-refractivity contribution in [3.05, 3.63) is 11.8 Å². The van der Waals surface area contributed by atoms with Gasteiger partial charge >= 0.3 is 12.0 Å². The quantitative estimate of drug-likeness (QED) is 0.467. The van der Waals surface area contributed by atoms with Crippen LogP contribution in [0.5, 0.6) is 0 Å². The van der Waals surface area contributed by atoms with Crippen LogP contribution in [0.3, 0.4) is 0 Å². The highest BCUT2D eigenvalue weighted by Crippen LogP contribution is 2.05. The summed E-state index contributed by atoms with van der Waals surface area (Å²) in [6.07, 6.45) is -1.13. The Bertz CT molecular complexity index is 308. The summed E-state index contributed by atoms with van der Waals surface area (Å²) in [5, 5.41) is 22.1. The van der Waals surface area contributed by atoms with Gasteiger partial charge in [0.25, 0.3) is 5.91 Å². The lowest BCUT2D eigenvalue weighted by atomic mass is 10.1. The minimum absolute atomic E-state index is 0.466. The number of hydrogen-bond donors (Lipinski definition) is 3. The normalized spacial score (nSPS) is 18.4. The smallest absolute Gasteiger partial charge is 0.348 e. The number of imide groups is 1. The zero-order valence-electron chi connectivity index (χ0n) is 6.22. The minimum Gasteiger partial charge on any atom is -0.479 e. The number of nitrogens with one attached hydrogen (secondary N) is 1. The van der Waals surface area contributed by atoms with Crippen molar-refractivity contribution in [3.63, 3.8) is 0 Å². The number of rotatable bonds is 2. The lowest BCUT2D eigenvalue weighted by Crippen LogP contribution is -2.42. The minimum atomic E-state index is -1.96. The molecule has 0 fully saturated rings. The summed E-state index contributed by atoms with van der Waals surface area (Å²) in [6.45, 7) is 0. The number of amides is 3. The third kappa shape index (κ3) is 1.82. The third-order valence-electron chi connectivity index (χ3n) is 1.33. The molecule has 0 bridgehead atoms. The van der Waals surface area contributed by atoms with Crippen LogP contribution in [-0.2, 0) is 9.59 Å². The molecule has 0 aliphatic carbocycles. The summed E-state index contributed by atoms with van der Waals surface area (Å²) < 4.78 is 0. The monoisotopic (exact) mass is 185 g/mol.